The molecule has 7 nitrogen and oxygen atoms in total. The molecular formula is C20H23F3N4O3. The van der Waals surface area contributed by atoms with Crippen LogP contribution in [0.1, 0.15) is 54.4 Å². The summed E-state index contributed by atoms with van der Waals surface area (Å²) in [7, 11) is 0. The summed E-state index contributed by atoms with van der Waals surface area (Å²) in [5.74, 6) is -2.28. The zero-order chi connectivity index (χ0) is 22.3. The van der Waals surface area contributed by atoms with Gasteiger partial charge in [-0.15, -0.1) is 0 Å². The lowest BCUT2D eigenvalue weighted by molar-refractivity contribution is -0.148. The summed E-state index contributed by atoms with van der Waals surface area (Å²) in [5, 5.41) is 0. The van der Waals surface area contributed by atoms with Gasteiger partial charge >= 0.3 is 12.3 Å². The van der Waals surface area contributed by atoms with Crippen LogP contribution in [0.2, 0.25) is 0 Å². The van der Waals surface area contributed by atoms with Crippen LogP contribution in [-0.4, -0.2) is 38.6 Å². The van der Waals surface area contributed by atoms with Gasteiger partial charge in [0.05, 0.1) is 18.3 Å². The molecule has 1 aromatic heterocycles. The number of halogens is 3. The van der Waals surface area contributed by atoms with Gasteiger partial charge in [-0.1, -0.05) is 30.3 Å². The Morgan fingerprint density at radius 3 is 2.37 bits per heavy atom. The minimum atomic E-state index is -4.79. The Hall–Kier alpha value is -3.04. The van der Waals surface area contributed by atoms with E-state index < -0.39 is 41.3 Å². The van der Waals surface area contributed by atoms with Crippen LogP contribution in [0, 0.1) is 0 Å². The normalized spacial score (nSPS) is 16.9. The van der Waals surface area contributed by atoms with Crippen LogP contribution >= 0.6 is 0 Å². The quantitative estimate of drug-likeness (QED) is 0.816. The summed E-state index contributed by atoms with van der Waals surface area (Å²) >= 11 is 0. The van der Waals surface area contributed by atoms with Crippen molar-refractivity contribution < 1.29 is 27.5 Å². The van der Waals surface area contributed by atoms with E-state index in [1.807, 2.05) is 0 Å². The monoisotopic (exact) mass is 424 g/mol. The average Bonchev–Trinajstić information content (AvgIpc) is 3.01. The first kappa shape index (κ1) is 21.7. The van der Waals surface area contributed by atoms with Crippen molar-refractivity contribution in [1.82, 2.24) is 14.5 Å². The van der Waals surface area contributed by atoms with Crippen molar-refractivity contribution in [3.8, 4) is 0 Å². The van der Waals surface area contributed by atoms with Gasteiger partial charge in [0.25, 0.3) is 5.91 Å². The van der Waals surface area contributed by atoms with E-state index in [0.717, 1.165) is 10.1 Å². The lowest BCUT2D eigenvalue weighted by Crippen LogP contribution is -2.45. The first-order valence-corrected chi connectivity index (χ1v) is 9.37. The van der Waals surface area contributed by atoms with E-state index in [4.69, 9.17) is 10.5 Å². The molecule has 1 unspecified atom stereocenters. The van der Waals surface area contributed by atoms with E-state index >= 15 is 0 Å². The molecule has 1 aliphatic heterocycles. The van der Waals surface area contributed by atoms with Gasteiger partial charge in [0, 0.05) is 6.54 Å². The number of carbonyl (C=O) groups is 2. The molecule has 0 aliphatic carbocycles. The summed E-state index contributed by atoms with van der Waals surface area (Å²) in [6, 6.07) is 8.11. The molecule has 162 valence electrons. The number of alkyl halides is 3. The molecule has 1 aliphatic rings. The van der Waals surface area contributed by atoms with Crippen molar-refractivity contribution in [2.75, 3.05) is 6.54 Å². The van der Waals surface area contributed by atoms with Crippen LogP contribution in [-0.2, 0) is 23.9 Å². The molecule has 10 heteroatoms. The highest BCUT2D eigenvalue weighted by Crippen LogP contribution is 2.37. The molecule has 0 bridgehead atoms. The molecule has 1 atom stereocenters. The maximum atomic E-state index is 13.7. The Labute approximate surface area is 171 Å². The molecule has 3 rings (SSSR count). The van der Waals surface area contributed by atoms with Gasteiger partial charge in [0.2, 0.25) is 5.82 Å². The average molecular weight is 424 g/mol. The summed E-state index contributed by atoms with van der Waals surface area (Å²) in [4.78, 5) is 29.3. The zero-order valence-corrected chi connectivity index (χ0v) is 16.9. The van der Waals surface area contributed by atoms with Crippen molar-refractivity contribution in [1.29, 1.82) is 0 Å². The van der Waals surface area contributed by atoms with Gasteiger partial charge in [-0.05, 0) is 32.8 Å². The highest BCUT2D eigenvalue weighted by atomic mass is 19.4. The molecule has 2 heterocycles. The molecule has 2 N–H and O–H groups in total. The number of primary amides is 1. The predicted octanol–water partition coefficient (Wildman–Crippen LogP) is 3.54. The van der Waals surface area contributed by atoms with Gasteiger partial charge in [0.1, 0.15) is 5.60 Å². The Kier molecular flexibility index (Phi) is 5.53. The molecule has 0 spiro atoms. The van der Waals surface area contributed by atoms with Crippen LogP contribution in [0.4, 0.5) is 18.0 Å². The Balaban J connectivity index is 2.09. The second-order valence-electron chi connectivity index (χ2n) is 8.17. The fraction of sp³-hybridized carbons (Fsp3) is 0.450. The van der Waals surface area contributed by atoms with Crippen molar-refractivity contribution >= 4 is 12.0 Å². The third kappa shape index (κ3) is 4.58. The van der Waals surface area contributed by atoms with E-state index in [2.05, 4.69) is 4.98 Å². The van der Waals surface area contributed by atoms with Crippen molar-refractivity contribution in [3.63, 3.8) is 0 Å². The largest absolute Gasteiger partial charge is 0.449 e. The topological polar surface area (TPSA) is 90.4 Å². The number of benzene rings is 1. The fourth-order valence-electron chi connectivity index (χ4n) is 3.50. The lowest BCUT2D eigenvalue weighted by atomic mass is 10.0. The number of hydrogen-bond acceptors (Lipinski definition) is 4. The molecule has 2 amide bonds. The number of amides is 2. The predicted molar refractivity (Wildman–Crippen MR) is 102 cm³/mol. The SMILES string of the molecule is CC(C)(C)OC(=O)N1Cc2c(C(N)=O)nc(C(F)(F)F)n2C(Cc2ccccc2)C1. The summed E-state index contributed by atoms with van der Waals surface area (Å²) in [5.41, 5.74) is 4.75. The number of carbonyl (C=O) groups excluding carboxylic acids is 2. The van der Waals surface area contributed by atoms with Crippen molar-refractivity contribution in [2.45, 2.75) is 51.6 Å². The zero-order valence-electron chi connectivity index (χ0n) is 16.9. The van der Waals surface area contributed by atoms with Crippen LogP contribution in [0.5, 0.6) is 0 Å². The van der Waals surface area contributed by atoms with E-state index in [9.17, 15) is 22.8 Å². The Morgan fingerprint density at radius 2 is 1.83 bits per heavy atom. The lowest BCUT2D eigenvalue weighted by Gasteiger charge is -2.36. The molecule has 30 heavy (non-hydrogen) atoms. The fourth-order valence-corrected chi connectivity index (χ4v) is 3.50. The van der Waals surface area contributed by atoms with Gasteiger partial charge < -0.3 is 19.9 Å². The number of rotatable bonds is 3. The number of imidazole rings is 1. The van der Waals surface area contributed by atoms with E-state index in [-0.39, 0.29) is 25.2 Å². The van der Waals surface area contributed by atoms with E-state index in [1.165, 1.54) is 4.90 Å². The number of aromatic nitrogens is 2. The van der Waals surface area contributed by atoms with Crippen LogP contribution in [0.3, 0.4) is 0 Å². The van der Waals surface area contributed by atoms with Gasteiger partial charge in [0.15, 0.2) is 5.69 Å². The van der Waals surface area contributed by atoms with Crippen LogP contribution in [0.25, 0.3) is 0 Å². The molecule has 2 aromatic rings. The minimum absolute atomic E-state index is 0.0333. The summed E-state index contributed by atoms with van der Waals surface area (Å²) in [6.45, 7) is 4.78. The van der Waals surface area contributed by atoms with E-state index in [0.29, 0.717) is 0 Å². The third-order valence-electron chi connectivity index (χ3n) is 4.60. The first-order chi connectivity index (χ1) is 13.9. The maximum absolute atomic E-state index is 13.7. The molecule has 0 fully saturated rings. The summed E-state index contributed by atoms with van der Waals surface area (Å²) < 4.78 is 47.5. The van der Waals surface area contributed by atoms with Crippen LogP contribution < -0.4 is 5.73 Å². The van der Waals surface area contributed by atoms with E-state index in [1.54, 1.807) is 51.1 Å². The van der Waals surface area contributed by atoms with Gasteiger partial charge in [-0.25, -0.2) is 9.78 Å². The van der Waals surface area contributed by atoms with Gasteiger partial charge in [-0.3, -0.25) is 4.79 Å². The Bertz CT molecular complexity index is 949. The second kappa shape index (κ2) is 7.66. The maximum Gasteiger partial charge on any atom is 0.449 e. The smallest absolute Gasteiger partial charge is 0.444 e. The molecule has 1 aromatic carbocycles. The molecule has 0 saturated carbocycles. The van der Waals surface area contributed by atoms with Crippen molar-refractivity contribution in [2.24, 2.45) is 5.73 Å². The standard InChI is InChI=1S/C20H23F3N4O3/c1-19(2,3)30-18(29)26-10-13(9-12-7-5-4-6-8-12)27-14(11-26)15(16(24)28)25-17(27)20(21,22)23/h4-8,13H,9-11H2,1-3H3,(H2,24,28). The molecular weight excluding hydrogens is 401 g/mol. The highest BCUT2D eigenvalue weighted by molar-refractivity contribution is 5.92. The third-order valence-corrected chi connectivity index (χ3v) is 4.60. The number of hydrogen-bond donors (Lipinski definition) is 1. The number of ether oxygens (including phenoxy) is 1. The number of nitrogens with two attached hydrogens (primary N) is 1. The highest BCUT2D eigenvalue weighted by Gasteiger charge is 2.44. The van der Waals surface area contributed by atoms with Crippen molar-refractivity contribution in [3.05, 3.63) is 53.1 Å². The second-order valence-corrected chi connectivity index (χ2v) is 8.17. The Morgan fingerprint density at radius 1 is 1.20 bits per heavy atom. The summed E-state index contributed by atoms with van der Waals surface area (Å²) in [6.07, 6.45) is -5.27. The molecule has 0 saturated heterocycles. The van der Waals surface area contributed by atoms with Gasteiger partial charge in [-0.2, -0.15) is 13.2 Å². The number of fused-ring (bicyclic) bond motifs is 1. The molecule has 0 radical (unpaired) electrons. The minimum Gasteiger partial charge on any atom is -0.444 e. The number of nitrogens with zero attached hydrogens (tertiary/aromatic N) is 3. The van der Waals surface area contributed by atoms with Crippen LogP contribution in [0.15, 0.2) is 30.3 Å². The first-order valence-electron chi connectivity index (χ1n) is 9.37.